The number of halogens is 1. The molecule has 26 heavy (non-hydrogen) atoms. The van der Waals surface area contributed by atoms with E-state index < -0.39 is 0 Å². The lowest BCUT2D eigenvalue weighted by atomic mass is 9.97. The van der Waals surface area contributed by atoms with Gasteiger partial charge in [-0.05, 0) is 54.3 Å². The Morgan fingerprint density at radius 3 is 2.85 bits per heavy atom. The number of piperidine rings is 1. The number of hydrogen-bond acceptors (Lipinski definition) is 4. The second-order valence-corrected chi connectivity index (χ2v) is 7.40. The number of fused-ring (bicyclic) bond motifs is 1. The van der Waals surface area contributed by atoms with E-state index in [0.29, 0.717) is 12.1 Å². The first-order chi connectivity index (χ1) is 12.7. The zero-order valence-electron chi connectivity index (χ0n) is 15.3. The van der Waals surface area contributed by atoms with Crippen molar-refractivity contribution in [2.75, 3.05) is 26.2 Å². The molecule has 0 amide bonds. The number of nitrogens with zero attached hydrogens (tertiary/aromatic N) is 3. The van der Waals surface area contributed by atoms with E-state index in [2.05, 4.69) is 33.8 Å². The minimum atomic E-state index is -0.152. The Kier molecular flexibility index (Phi) is 5.29. The summed E-state index contributed by atoms with van der Waals surface area (Å²) in [5, 5.41) is 0. The van der Waals surface area contributed by atoms with Crippen LogP contribution in [0, 0.1) is 12.7 Å². The molecule has 2 aliphatic heterocycles. The maximum Gasteiger partial charge on any atom is 0.123 e. The van der Waals surface area contributed by atoms with E-state index in [1.54, 1.807) is 6.07 Å². The fourth-order valence-corrected chi connectivity index (χ4v) is 4.12. The van der Waals surface area contributed by atoms with Crippen LogP contribution in [0.1, 0.15) is 23.1 Å². The van der Waals surface area contributed by atoms with Gasteiger partial charge in [0.15, 0.2) is 0 Å². The highest BCUT2D eigenvalue weighted by Crippen LogP contribution is 2.26. The Balaban J connectivity index is 1.45. The summed E-state index contributed by atoms with van der Waals surface area (Å²) in [5.74, 6) is -0.152. The summed E-state index contributed by atoms with van der Waals surface area (Å²) >= 11 is 0. The van der Waals surface area contributed by atoms with Gasteiger partial charge in [-0.15, -0.1) is 0 Å². The molecule has 0 bridgehead atoms. The Bertz CT molecular complexity index is 739. The van der Waals surface area contributed by atoms with Crippen LogP contribution in [0.15, 0.2) is 42.7 Å². The molecule has 2 saturated heterocycles. The predicted octanol–water partition coefficient (Wildman–Crippen LogP) is 3.00. The van der Waals surface area contributed by atoms with Crippen molar-refractivity contribution in [3.8, 4) is 0 Å². The van der Waals surface area contributed by atoms with Crippen LogP contribution in [0.4, 0.5) is 4.39 Å². The fraction of sp³-hybridized carbons (Fsp3) is 0.476. The fourth-order valence-electron chi connectivity index (χ4n) is 4.12. The van der Waals surface area contributed by atoms with E-state index in [1.165, 1.54) is 11.6 Å². The molecule has 138 valence electrons. The Labute approximate surface area is 154 Å². The summed E-state index contributed by atoms with van der Waals surface area (Å²) in [6.07, 6.45) is 5.04. The van der Waals surface area contributed by atoms with Crippen LogP contribution >= 0.6 is 0 Å². The molecule has 2 fully saturated rings. The van der Waals surface area contributed by atoms with Crippen molar-refractivity contribution in [2.24, 2.45) is 0 Å². The molecule has 4 nitrogen and oxygen atoms in total. The third-order valence-corrected chi connectivity index (χ3v) is 5.62. The van der Waals surface area contributed by atoms with Gasteiger partial charge in [-0.1, -0.05) is 6.07 Å². The van der Waals surface area contributed by atoms with E-state index in [-0.39, 0.29) is 5.82 Å². The molecule has 2 aromatic rings. The van der Waals surface area contributed by atoms with Gasteiger partial charge in [0.2, 0.25) is 0 Å². The van der Waals surface area contributed by atoms with Crippen molar-refractivity contribution in [3.05, 3.63) is 65.2 Å². The van der Waals surface area contributed by atoms with Crippen molar-refractivity contribution in [1.82, 2.24) is 14.8 Å². The van der Waals surface area contributed by atoms with Gasteiger partial charge in [-0.3, -0.25) is 14.8 Å². The van der Waals surface area contributed by atoms with Gasteiger partial charge in [0.05, 0.1) is 12.7 Å². The first-order valence-electron chi connectivity index (χ1n) is 9.41. The zero-order chi connectivity index (χ0) is 17.9. The van der Waals surface area contributed by atoms with Crippen molar-refractivity contribution < 1.29 is 9.13 Å². The second-order valence-electron chi connectivity index (χ2n) is 7.40. The van der Waals surface area contributed by atoms with Crippen LogP contribution in [-0.2, 0) is 17.8 Å². The molecule has 0 N–H and O–H groups in total. The second kappa shape index (κ2) is 7.82. The van der Waals surface area contributed by atoms with E-state index in [1.807, 2.05) is 18.5 Å². The summed E-state index contributed by atoms with van der Waals surface area (Å²) < 4.78 is 19.7. The van der Waals surface area contributed by atoms with Gasteiger partial charge >= 0.3 is 0 Å². The van der Waals surface area contributed by atoms with Crippen LogP contribution in [0.25, 0.3) is 0 Å². The largest absolute Gasteiger partial charge is 0.375 e. The maximum absolute atomic E-state index is 13.6. The molecule has 2 atom stereocenters. The Hall–Kier alpha value is -1.82. The SMILES string of the molecule is Cc1ccc(F)cc1CN1CC[C@@H]2OCCN(Cc3ccncc3)[C@H]2C1. The summed E-state index contributed by atoms with van der Waals surface area (Å²) in [6, 6.07) is 9.64. The van der Waals surface area contributed by atoms with Crippen LogP contribution in [0.2, 0.25) is 0 Å². The lowest BCUT2D eigenvalue weighted by molar-refractivity contribution is -0.107. The highest BCUT2D eigenvalue weighted by Gasteiger charge is 2.37. The van der Waals surface area contributed by atoms with Crippen molar-refractivity contribution in [1.29, 1.82) is 0 Å². The Morgan fingerprint density at radius 2 is 2.00 bits per heavy atom. The lowest BCUT2D eigenvalue weighted by Crippen LogP contribution is -2.59. The number of hydrogen-bond donors (Lipinski definition) is 0. The third kappa shape index (κ3) is 3.95. The van der Waals surface area contributed by atoms with Crippen molar-refractivity contribution >= 4 is 0 Å². The third-order valence-electron chi connectivity index (χ3n) is 5.62. The number of benzene rings is 1. The van der Waals surface area contributed by atoms with Gasteiger partial charge in [-0.2, -0.15) is 0 Å². The molecule has 1 aromatic heterocycles. The van der Waals surface area contributed by atoms with Gasteiger partial charge < -0.3 is 4.74 Å². The maximum atomic E-state index is 13.6. The molecule has 5 heteroatoms. The highest BCUT2D eigenvalue weighted by atomic mass is 19.1. The minimum Gasteiger partial charge on any atom is -0.375 e. The topological polar surface area (TPSA) is 28.6 Å². The molecule has 0 radical (unpaired) electrons. The predicted molar refractivity (Wildman–Crippen MR) is 99.2 cm³/mol. The number of rotatable bonds is 4. The highest BCUT2D eigenvalue weighted by molar-refractivity contribution is 5.26. The van der Waals surface area contributed by atoms with E-state index in [0.717, 1.165) is 56.9 Å². The van der Waals surface area contributed by atoms with Gasteiger partial charge in [0.25, 0.3) is 0 Å². The zero-order valence-corrected chi connectivity index (χ0v) is 15.3. The molecule has 0 aliphatic carbocycles. The first-order valence-corrected chi connectivity index (χ1v) is 9.41. The van der Waals surface area contributed by atoms with Crippen LogP contribution in [0.3, 0.4) is 0 Å². The number of pyridine rings is 1. The summed E-state index contributed by atoms with van der Waals surface area (Å²) in [4.78, 5) is 9.09. The number of morpholine rings is 1. The normalized spacial score (nSPS) is 24.4. The van der Waals surface area contributed by atoms with E-state index in [9.17, 15) is 4.39 Å². The van der Waals surface area contributed by atoms with Gasteiger partial charge in [-0.25, -0.2) is 4.39 Å². The van der Waals surface area contributed by atoms with Gasteiger partial charge in [0, 0.05) is 51.2 Å². The summed E-state index contributed by atoms with van der Waals surface area (Å²) in [7, 11) is 0. The molecular weight excluding hydrogens is 329 g/mol. The number of likely N-dealkylation sites (tertiary alicyclic amines) is 1. The molecule has 2 aliphatic rings. The molecular formula is C21H26FN3O. The van der Waals surface area contributed by atoms with Gasteiger partial charge in [0.1, 0.15) is 5.82 Å². The summed E-state index contributed by atoms with van der Waals surface area (Å²) in [5.41, 5.74) is 3.53. The quantitative estimate of drug-likeness (QED) is 0.843. The van der Waals surface area contributed by atoms with Crippen molar-refractivity contribution in [3.63, 3.8) is 0 Å². The molecule has 4 rings (SSSR count). The monoisotopic (exact) mass is 355 g/mol. The lowest BCUT2D eigenvalue weighted by Gasteiger charge is -2.47. The number of aromatic nitrogens is 1. The average Bonchev–Trinajstić information content (AvgIpc) is 2.66. The molecule has 0 spiro atoms. The average molecular weight is 355 g/mol. The minimum absolute atomic E-state index is 0.152. The summed E-state index contributed by atoms with van der Waals surface area (Å²) in [6.45, 7) is 7.51. The molecule has 1 aromatic carbocycles. The van der Waals surface area contributed by atoms with Crippen LogP contribution in [0.5, 0.6) is 0 Å². The smallest absolute Gasteiger partial charge is 0.123 e. The van der Waals surface area contributed by atoms with Crippen LogP contribution in [-0.4, -0.2) is 53.2 Å². The van der Waals surface area contributed by atoms with E-state index in [4.69, 9.17) is 4.74 Å². The number of ether oxygens (including phenoxy) is 1. The molecule has 0 saturated carbocycles. The van der Waals surface area contributed by atoms with Crippen molar-refractivity contribution in [2.45, 2.75) is 38.6 Å². The van der Waals surface area contributed by atoms with Crippen LogP contribution < -0.4 is 0 Å². The number of aryl methyl sites for hydroxylation is 1. The molecule has 3 heterocycles. The Morgan fingerprint density at radius 1 is 1.15 bits per heavy atom. The van der Waals surface area contributed by atoms with E-state index >= 15 is 0 Å². The molecule has 0 unspecified atom stereocenters. The standard InChI is InChI=1S/C21H26FN3O/c1-16-2-3-19(22)12-18(16)14-24-9-6-21-20(15-24)25(10-11-26-21)13-17-4-7-23-8-5-17/h2-5,7-8,12,20-21H,6,9-11,13-15H2,1H3/t20-,21-/m0/s1. The first kappa shape index (κ1) is 17.6.